The number of hydrogen-bond acceptors (Lipinski definition) is 8. The molecule has 2 rings (SSSR count). The first-order valence-corrected chi connectivity index (χ1v) is 10.3. The van der Waals surface area contributed by atoms with E-state index in [0.29, 0.717) is 11.8 Å². The van der Waals surface area contributed by atoms with Crippen LogP contribution in [0.1, 0.15) is 43.1 Å². The number of allylic oxidation sites excluding steroid dienone is 1. The number of nitrogens with one attached hydrogen (secondary N) is 2. The lowest BCUT2D eigenvalue weighted by Gasteiger charge is -2.38. The Labute approximate surface area is 196 Å². The van der Waals surface area contributed by atoms with Gasteiger partial charge in [0.05, 0.1) is 24.8 Å². The van der Waals surface area contributed by atoms with E-state index in [0.717, 1.165) is 0 Å². The van der Waals surface area contributed by atoms with Gasteiger partial charge < -0.3 is 19.3 Å². The van der Waals surface area contributed by atoms with Crippen molar-refractivity contribution in [3.8, 4) is 11.5 Å². The number of aldehydes is 1. The number of rotatable bonds is 7. The molecule has 3 N–H and O–H groups in total. The predicted molar refractivity (Wildman–Crippen MR) is 118 cm³/mol. The van der Waals surface area contributed by atoms with Crippen LogP contribution < -0.4 is 20.3 Å². The lowest BCUT2D eigenvalue weighted by Crippen LogP contribution is -2.51. The van der Waals surface area contributed by atoms with Crippen LogP contribution in [0.2, 0.25) is 5.02 Å². The topological polar surface area (TPSA) is 140 Å². The normalized spacial score (nSPS) is 20.4. The Balaban J connectivity index is 2.55. The smallest absolute Gasteiger partial charge is 0.271 e. The molecule has 11 heteroatoms. The number of ketones is 1. The van der Waals surface area contributed by atoms with Gasteiger partial charge in [-0.15, -0.1) is 0 Å². The van der Waals surface area contributed by atoms with E-state index in [4.69, 9.17) is 25.8 Å². The van der Waals surface area contributed by atoms with Gasteiger partial charge in [0.25, 0.3) is 11.8 Å². The number of carbonyl (C=O) groups excluding carboxylic acids is 4. The number of methoxy groups -OCH3 is 2. The Morgan fingerprint density at radius 1 is 1.27 bits per heavy atom. The third-order valence-corrected chi connectivity index (χ3v) is 5.69. The summed E-state index contributed by atoms with van der Waals surface area (Å²) in [4.78, 5) is 48.9. The molecule has 0 radical (unpaired) electrons. The summed E-state index contributed by atoms with van der Waals surface area (Å²) in [6, 6.07) is 1.34. The molecule has 10 nitrogen and oxygen atoms in total. The monoisotopic (exact) mass is 482 g/mol. The average molecular weight is 483 g/mol. The zero-order valence-corrected chi connectivity index (χ0v) is 20.0. The van der Waals surface area contributed by atoms with Crippen molar-refractivity contribution in [1.82, 2.24) is 10.9 Å². The van der Waals surface area contributed by atoms with Gasteiger partial charge >= 0.3 is 0 Å². The number of amides is 2. The van der Waals surface area contributed by atoms with Crippen LogP contribution in [-0.4, -0.2) is 54.4 Å². The molecule has 0 saturated carbocycles. The molecule has 0 heterocycles. The van der Waals surface area contributed by atoms with Crippen molar-refractivity contribution >= 4 is 35.5 Å². The Bertz CT molecular complexity index is 1010. The van der Waals surface area contributed by atoms with Crippen LogP contribution in [0, 0.1) is 12.8 Å². The standard InChI is InChI=1S/C22H27ClN2O8/c1-11-7-13(27)8-16(32-6)22(11,10-26)33-18-12(2)15(31-5)9-14(17(18)23)19(28)24-25-20(29)21(3,4)30/h8-11,30H,7H2,1-6H3,(H,24,28)(H,25,29)/t11-,22+/m1/s1. The summed E-state index contributed by atoms with van der Waals surface area (Å²) in [6.45, 7) is 5.77. The Hall–Kier alpha value is -3.11. The van der Waals surface area contributed by atoms with Crippen molar-refractivity contribution in [1.29, 1.82) is 0 Å². The molecule has 0 spiro atoms. The third kappa shape index (κ3) is 5.12. The molecule has 0 saturated heterocycles. The zero-order chi connectivity index (χ0) is 25.1. The molecule has 1 aromatic rings. The van der Waals surface area contributed by atoms with E-state index < -0.39 is 28.9 Å². The second kappa shape index (κ2) is 9.80. The second-order valence-corrected chi connectivity index (χ2v) is 8.54. The van der Waals surface area contributed by atoms with Crippen molar-refractivity contribution in [3.63, 3.8) is 0 Å². The lowest BCUT2D eigenvalue weighted by molar-refractivity contribution is -0.137. The van der Waals surface area contributed by atoms with E-state index in [1.807, 2.05) is 0 Å². The summed E-state index contributed by atoms with van der Waals surface area (Å²) in [6.07, 6.45) is 1.75. The van der Waals surface area contributed by atoms with E-state index in [1.54, 1.807) is 13.8 Å². The summed E-state index contributed by atoms with van der Waals surface area (Å²) in [5.74, 6) is -2.32. The fourth-order valence-corrected chi connectivity index (χ4v) is 3.61. The quantitative estimate of drug-likeness (QED) is 0.393. The van der Waals surface area contributed by atoms with Crippen LogP contribution in [-0.2, 0) is 19.1 Å². The van der Waals surface area contributed by atoms with Gasteiger partial charge in [0.2, 0.25) is 5.60 Å². The highest BCUT2D eigenvalue weighted by molar-refractivity contribution is 6.35. The minimum Gasteiger partial charge on any atom is -0.496 e. The summed E-state index contributed by atoms with van der Waals surface area (Å²) in [7, 11) is 2.68. The van der Waals surface area contributed by atoms with Gasteiger partial charge in [-0.2, -0.15) is 0 Å². The van der Waals surface area contributed by atoms with E-state index in [2.05, 4.69) is 10.9 Å². The maximum Gasteiger partial charge on any atom is 0.271 e. The van der Waals surface area contributed by atoms with Crippen LogP contribution in [0.25, 0.3) is 0 Å². The molecular weight excluding hydrogens is 456 g/mol. The number of aliphatic hydroxyl groups is 1. The van der Waals surface area contributed by atoms with Crippen molar-refractivity contribution < 1.29 is 38.5 Å². The molecule has 33 heavy (non-hydrogen) atoms. The summed E-state index contributed by atoms with van der Waals surface area (Å²) in [5, 5.41) is 9.55. The summed E-state index contributed by atoms with van der Waals surface area (Å²) in [5.41, 5.74) is 1.11. The highest BCUT2D eigenvalue weighted by Gasteiger charge is 2.48. The minimum atomic E-state index is -1.73. The number of halogens is 1. The molecule has 1 aliphatic carbocycles. The molecule has 2 amide bonds. The van der Waals surface area contributed by atoms with E-state index in [1.165, 1.54) is 40.2 Å². The van der Waals surface area contributed by atoms with Crippen molar-refractivity contribution in [2.45, 2.75) is 45.3 Å². The van der Waals surface area contributed by atoms with Gasteiger partial charge in [-0.25, -0.2) is 0 Å². The fourth-order valence-electron chi connectivity index (χ4n) is 3.28. The molecule has 0 aromatic heterocycles. The first-order valence-electron chi connectivity index (χ1n) is 9.96. The van der Waals surface area contributed by atoms with Gasteiger partial charge in [0, 0.05) is 24.0 Å². The largest absolute Gasteiger partial charge is 0.496 e. The second-order valence-electron chi connectivity index (χ2n) is 8.16. The van der Waals surface area contributed by atoms with Crippen LogP contribution in [0.15, 0.2) is 17.9 Å². The number of benzene rings is 1. The molecule has 0 aliphatic heterocycles. The highest BCUT2D eigenvalue weighted by Crippen LogP contribution is 2.44. The maximum atomic E-state index is 12.7. The number of hydrogen-bond donors (Lipinski definition) is 3. The number of ether oxygens (including phenoxy) is 3. The molecule has 1 aliphatic rings. The van der Waals surface area contributed by atoms with E-state index in [9.17, 15) is 24.3 Å². The van der Waals surface area contributed by atoms with Gasteiger partial charge in [0.1, 0.15) is 17.1 Å². The van der Waals surface area contributed by atoms with Crippen molar-refractivity contribution in [2.24, 2.45) is 5.92 Å². The van der Waals surface area contributed by atoms with E-state index in [-0.39, 0.29) is 40.0 Å². The first kappa shape index (κ1) is 26.1. The molecule has 180 valence electrons. The first-order chi connectivity index (χ1) is 15.3. The highest BCUT2D eigenvalue weighted by atomic mass is 35.5. The molecule has 0 unspecified atom stereocenters. The van der Waals surface area contributed by atoms with Crippen molar-refractivity contribution in [2.75, 3.05) is 14.2 Å². The van der Waals surface area contributed by atoms with E-state index >= 15 is 0 Å². The molecular formula is C22H27ClN2O8. The SMILES string of the molecule is COC1=CC(=O)C[C@@H](C)[C@]1(C=O)Oc1c(C)c(OC)cc(C(=O)NNC(=O)C(C)(C)O)c1Cl. The third-order valence-electron chi connectivity index (χ3n) is 5.31. The minimum absolute atomic E-state index is 0.00276. The Morgan fingerprint density at radius 3 is 2.42 bits per heavy atom. The molecule has 0 fully saturated rings. The van der Waals surface area contributed by atoms with Crippen LogP contribution in [0.5, 0.6) is 11.5 Å². The van der Waals surface area contributed by atoms with Gasteiger partial charge in [0.15, 0.2) is 17.8 Å². The van der Waals surface area contributed by atoms with Crippen molar-refractivity contribution in [3.05, 3.63) is 34.1 Å². The molecule has 2 atom stereocenters. The maximum absolute atomic E-state index is 12.7. The summed E-state index contributed by atoms with van der Waals surface area (Å²) < 4.78 is 16.7. The predicted octanol–water partition coefficient (Wildman–Crippen LogP) is 1.64. The molecule has 0 bridgehead atoms. The Kier molecular flexibility index (Phi) is 7.76. The van der Waals surface area contributed by atoms with Gasteiger partial charge in [-0.3, -0.25) is 30.0 Å². The Morgan fingerprint density at radius 2 is 1.91 bits per heavy atom. The van der Waals surface area contributed by atoms with Gasteiger partial charge in [-0.1, -0.05) is 18.5 Å². The lowest BCUT2D eigenvalue weighted by atomic mass is 9.79. The number of carbonyl (C=O) groups is 4. The number of hydrazine groups is 1. The van der Waals surface area contributed by atoms with Crippen LogP contribution in [0.3, 0.4) is 0 Å². The van der Waals surface area contributed by atoms with Crippen LogP contribution >= 0.6 is 11.6 Å². The average Bonchev–Trinajstić information content (AvgIpc) is 2.75. The fraction of sp³-hybridized carbons (Fsp3) is 0.455. The summed E-state index contributed by atoms with van der Waals surface area (Å²) >= 11 is 6.50. The molecule has 1 aromatic carbocycles. The van der Waals surface area contributed by atoms with Gasteiger partial charge in [-0.05, 0) is 26.8 Å². The zero-order valence-electron chi connectivity index (χ0n) is 19.2. The van der Waals surface area contributed by atoms with Crippen LogP contribution in [0.4, 0.5) is 0 Å².